The number of rotatable bonds is 5. The average molecular weight is 520 g/mol. The molecule has 156 valence electrons. The van der Waals surface area contributed by atoms with Gasteiger partial charge in [0.1, 0.15) is 23.9 Å². The number of benzene rings is 1. The SMILES string of the molecule is CC(C)n1cc(C(=O)Nc2c(-c3ccccc3I)ncnc2N2CC[C@H](F)C2)cn1. The van der Waals surface area contributed by atoms with Gasteiger partial charge in [-0.1, -0.05) is 18.2 Å². The van der Waals surface area contributed by atoms with Crippen molar-refractivity contribution >= 4 is 40.0 Å². The Balaban J connectivity index is 1.76. The van der Waals surface area contributed by atoms with Gasteiger partial charge in [-0.05, 0) is 48.9 Å². The maximum atomic E-state index is 13.9. The highest BCUT2D eigenvalue weighted by Gasteiger charge is 2.28. The standard InChI is InChI=1S/C21H22FIN6O/c1-13(2)29-10-14(9-26-29)21(30)27-19-18(16-5-3-4-6-17(16)23)24-12-25-20(19)28-8-7-15(22)11-28/h3-6,9-10,12-13,15H,7-8,11H2,1-2H3,(H,27,30)/t15-/m0/s1. The fourth-order valence-electron chi connectivity index (χ4n) is 3.42. The first-order valence-corrected chi connectivity index (χ1v) is 10.9. The van der Waals surface area contributed by atoms with Crippen LogP contribution in [-0.4, -0.2) is 44.9 Å². The first-order valence-electron chi connectivity index (χ1n) is 9.78. The van der Waals surface area contributed by atoms with Crippen LogP contribution in [0.15, 0.2) is 43.0 Å². The molecule has 0 saturated carbocycles. The van der Waals surface area contributed by atoms with E-state index < -0.39 is 6.17 Å². The van der Waals surface area contributed by atoms with E-state index in [1.165, 1.54) is 12.5 Å². The van der Waals surface area contributed by atoms with E-state index in [9.17, 15) is 9.18 Å². The second-order valence-electron chi connectivity index (χ2n) is 7.49. The Bertz CT molecular complexity index is 1070. The molecule has 3 heterocycles. The van der Waals surface area contributed by atoms with E-state index >= 15 is 0 Å². The number of amides is 1. The molecule has 0 aliphatic carbocycles. The van der Waals surface area contributed by atoms with Crippen molar-refractivity contribution in [3.8, 4) is 11.3 Å². The predicted molar refractivity (Wildman–Crippen MR) is 122 cm³/mol. The summed E-state index contributed by atoms with van der Waals surface area (Å²) in [6.45, 7) is 4.77. The lowest BCUT2D eigenvalue weighted by Crippen LogP contribution is -2.24. The Kier molecular flexibility index (Phi) is 5.98. The Morgan fingerprint density at radius 1 is 1.30 bits per heavy atom. The number of halogens is 2. The van der Waals surface area contributed by atoms with Crippen molar-refractivity contribution < 1.29 is 9.18 Å². The normalized spacial score (nSPS) is 16.3. The molecule has 1 aliphatic heterocycles. The molecule has 1 amide bonds. The van der Waals surface area contributed by atoms with Crippen LogP contribution in [-0.2, 0) is 0 Å². The topological polar surface area (TPSA) is 75.9 Å². The molecule has 1 fully saturated rings. The fourth-order valence-corrected chi connectivity index (χ4v) is 4.06. The van der Waals surface area contributed by atoms with Gasteiger partial charge in [-0.25, -0.2) is 14.4 Å². The molecule has 30 heavy (non-hydrogen) atoms. The summed E-state index contributed by atoms with van der Waals surface area (Å²) in [5, 5.41) is 7.23. The monoisotopic (exact) mass is 520 g/mol. The summed E-state index contributed by atoms with van der Waals surface area (Å²) in [7, 11) is 0. The number of anilines is 2. The molecule has 9 heteroatoms. The first kappa shape index (κ1) is 20.7. The summed E-state index contributed by atoms with van der Waals surface area (Å²) in [6, 6.07) is 7.94. The quantitative estimate of drug-likeness (QED) is 0.508. The lowest BCUT2D eigenvalue weighted by Gasteiger charge is -2.22. The van der Waals surface area contributed by atoms with Crippen molar-refractivity contribution in [2.24, 2.45) is 0 Å². The molecule has 1 N–H and O–H groups in total. The van der Waals surface area contributed by atoms with Gasteiger partial charge in [0.05, 0.1) is 18.3 Å². The number of hydrogen-bond donors (Lipinski definition) is 1. The Morgan fingerprint density at radius 2 is 2.10 bits per heavy atom. The van der Waals surface area contributed by atoms with Gasteiger partial charge < -0.3 is 10.2 Å². The van der Waals surface area contributed by atoms with Crippen LogP contribution >= 0.6 is 22.6 Å². The van der Waals surface area contributed by atoms with E-state index in [-0.39, 0.29) is 18.5 Å². The number of nitrogens with one attached hydrogen (secondary N) is 1. The highest BCUT2D eigenvalue weighted by Crippen LogP contribution is 2.37. The Morgan fingerprint density at radius 3 is 2.77 bits per heavy atom. The number of carbonyl (C=O) groups excluding carboxylic acids is 1. The first-order chi connectivity index (χ1) is 14.4. The fraction of sp³-hybridized carbons (Fsp3) is 0.333. The largest absolute Gasteiger partial charge is 0.352 e. The summed E-state index contributed by atoms with van der Waals surface area (Å²) in [6.07, 6.45) is 4.25. The molecule has 0 radical (unpaired) electrons. The van der Waals surface area contributed by atoms with Crippen LogP contribution in [0.4, 0.5) is 15.9 Å². The third-order valence-electron chi connectivity index (χ3n) is 5.02. The zero-order valence-electron chi connectivity index (χ0n) is 16.7. The van der Waals surface area contributed by atoms with Crippen LogP contribution in [0, 0.1) is 3.57 Å². The molecule has 1 aromatic carbocycles. The van der Waals surface area contributed by atoms with Crippen LogP contribution in [0.1, 0.15) is 36.7 Å². The average Bonchev–Trinajstić information content (AvgIpc) is 3.38. The minimum Gasteiger partial charge on any atom is -0.352 e. The van der Waals surface area contributed by atoms with E-state index in [0.29, 0.717) is 35.7 Å². The summed E-state index contributed by atoms with van der Waals surface area (Å²) in [5.74, 6) is 0.227. The van der Waals surface area contributed by atoms with Crippen molar-refractivity contribution in [1.29, 1.82) is 0 Å². The van der Waals surface area contributed by atoms with E-state index in [2.05, 4.69) is 43.0 Å². The van der Waals surface area contributed by atoms with Crippen LogP contribution in [0.2, 0.25) is 0 Å². The van der Waals surface area contributed by atoms with E-state index in [4.69, 9.17) is 0 Å². The summed E-state index contributed by atoms with van der Waals surface area (Å²) >= 11 is 2.24. The minimum absolute atomic E-state index is 0.148. The molecule has 0 bridgehead atoms. The van der Waals surface area contributed by atoms with Gasteiger partial charge >= 0.3 is 0 Å². The second kappa shape index (κ2) is 8.66. The molecule has 4 rings (SSSR count). The maximum absolute atomic E-state index is 13.9. The second-order valence-corrected chi connectivity index (χ2v) is 8.65. The van der Waals surface area contributed by atoms with E-state index in [0.717, 1.165) is 9.13 Å². The van der Waals surface area contributed by atoms with Crippen LogP contribution in [0.5, 0.6) is 0 Å². The van der Waals surface area contributed by atoms with Crippen LogP contribution < -0.4 is 10.2 Å². The lowest BCUT2D eigenvalue weighted by atomic mass is 10.1. The number of carbonyl (C=O) groups is 1. The number of alkyl halides is 1. The Hall–Kier alpha value is -2.56. The predicted octanol–water partition coefficient (Wildman–Crippen LogP) is 4.33. The van der Waals surface area contributed by atoms with E-state index in [1.54, 1.807) is 10.9 Å². The molecule has 1 saturated heterocycles. The highest BCUT2D eigenvalue weighted by molar-refractivity contribution is 14.1. The minimum atomic E-state index is -0.909. The highest BCUT2D eigenvalue weighted by atomic mass is 127. The van der Waals surface area contributed by atoms with Crippen molar-refractivity contribution in [2.75, 3.05) is 23.3 Å². The lowest BCUT2D eigenvalue weighted by molar-refractivity contribution is 0.102. The van der Waals surface area contributed by atoms with Gasteiger partial charge in [-0.15, -0.1) is 0 Å². The zero-order chi connectivity index (χ0) is 21.3. The third-order valence-corrected chi connectivity index (χ3v) is 5.96. The third kappa shape index (κ3) is 4.16. The summed E-state index contributed by atoms with van der Waals surface area (Å²) in [5.41, 5.74) is 2.41. The molecule has 1 atom stereocenters. The number of hydrogen-bond acceptors (Lipinski definition) is 5. The molecule has 0 spiro atoms. The van der Waals surface area contributed by atoms with Gasteiger partial charge in [-0.2, -0.15) is 5.10 Å². The summed E-state index contributed by atoms with van der Waals surface area (Å²) < 4.78 is 16.6. The van der Waals surface area contributed by atoms with Crippen molar-refractivity contribution in [3.63, 3.8) is 0 Å². The van der Waals surface area contributed by atoms with Gasteiger partial charge in [-0.3, -0.25) is 9.48 Å². The summed E-state index contributed by atoms with van der Waals surface area (Å²) in [4.78, 5) is 23.8. The number of aromatic nitrogens is 4. The van der Waals surface area contributed by atoms with E-state index in [1.807, 2.05) is 43.0 Å². The molecule has 0 unspecified atom stereocenters. The van der Waals surface area contributed by atoms with Crippen molar-refractivity contribution in [2.45, 2.75) is 32.5 Å². The maximum Gasteiger partial charge on any atom is 0.259 e. The molecular formula is C21H22FIN6O. The molecule has 3 aromatic rings. The van der Waals surface area contributed by atoms with Crippen LogP contribution in [0.25, 0.3) is 11.3 Å². The van der Waals surface area contributed by atoms with Crippen molar-refractivity contribution in [3.05, 3.63) is 52.1 Å². The van der Waals surface area contributed by atoms with Gasteiger partial charge in [0.25, 0.3) is 5.91 Å². The Labute approximate surface area is 187 Å². The molecule has 1 aliphatic rings. The zero-order valence-corrected chi connectivity index (χ0v) is 18.9. The molecular weight excluding hydrogens is 498 g/mol. The number of nitrogens with zero attached hydrogens (tertiary/aromatic N) is 5. The van der Waals surface area contributed by atoms with Gasteiger partial charge in [0.2, 0.25) is 0 Å². The molecule has 7 nitrogen and oxygen atoms in total. The van der Waals surface area contributed by atoms with Crippen molar-refractivity contribution in [1.82, 2.24) is 19.7 Å². The molecule has 2 aromatic heterocycles. The van der Waals surface area contributed by atoms with Gasteiger partial charge in [0.15, 0.2) is 5.82 Å². The van der Waals surface area contributed by atoms with Gasteiger partial charge in [0, 0.05) is 27.9 Å². The smallest absolute Gasteiger partial charge is 0.259 e. The van der Waals surface area contributed by atoms with Crippen LogP contribution in [0.3, 0.4) is 0 Å².